The summed E-state index contributed by atoms with van der Waals surface area (Å²) in [6, 6.07) is 9.12. The quantitative estimate of drug-likeness (QED) is 0.724. The predicted molar refractivity (Wildman–Crippen MR) is 49.6 cm³/mol. The number of hydrogen-bond donors (Lipinski definition) is 2. The Morgan fingerprint density at radius 2 is 1.92 bits per heavy atom. The number of aliphatic hydroxyl groups is 2. The highest BCUT2D eigenvalue weighted by atomic mass is 16.5. The van der Waals surface area contributed by atoms with Crippen molar-refractivity contribution in [2.24, 2.45) is 0 Å². The molecule has 2 unspecified atom stereocenters. The minimum Gasteiger partial charge on any atom is -0.485 e. The molecule has 0 fully saturated rings. The summed E-state index contributed by atoms with van der Waals surface area (Å²) in [4.78, 5) is 0. The van der Waals surface area contributed by atoms with Crippen LogP contribution < -0.4 is 4.74 Å². The second-order valence-electron chi connectivity index (χ2n) is 2.89. The van der Waals surface area contributed by atoms with E-state index in [0.717, 1.165) is 0 Å². The third-order valence-corrected chi connectivity index (χ3v) is 1.75. The summed E-state index contributed by atoms with van der Waals surface area (Å²) in [5, 5.41) is 18.1. The van der Waals surface area contributed by atoms with E-state index in [1.165, 1.54) is 0 Å². The molecule has 3 nitrogen and oxygen atoms in total. The summed E-state index contributed by atoms with van der Waals surface area (Å²) >= 11 is 0. The van der Waals surface area contributed by atoms with Crippen LogP contribution in [-0.4, -0.2) is 29.0 Å². The predicted octanol–water partition coefficient (Wildman–Crippen LogP) is 0.807. The molecule has 0 aliphatic rings. The number of hydrogen-bond acceptors (Lipinski definition) is 3. The minimum absolute atomic E-state index is 0.188. The van der Waals surface area contributed by atoms with E-state index < -0.39 is 12.2 Å². The molecule has 0 heterocycles. The van der Waals surface area contributed by atoms with Crippen LogP contribution in [0, 0.1) is 0 Å². The van der Waals surface area contributed by atoms with Gasteiger partial charge in [0.05, 0.1) is 12.7 Å². The molecular formula is C10H14O3. The fraction of sp³-hybridized carbons (Fsp3) is 0.400. The number of para-hydroxylation sites is 1. The lowest BCUT2D eigenvalue weighted by molar-refractivity contribution is 0.0120. The van der Waals surface area contributed by atoms with Gasteiger partial charge < -0.3 is 14.9 Å². The fourth-order valence-corrected chi connectivity index (χ4v) is 0.962. The van der Waals surface area contributed by atoms with Gasteiger partial charge in [0.15, 0.2) is 0 Å². The minimum atomic E-state index is -0.676. The largest absolute Gasteiger partial charge is 0.485 e. The highest BCUT2D eigenvalue weighted by molar-refractivity contribution is 5.21. The lowest BCUT2D eigenvalue weighted by Crippen LogP contribution is -2.32. The van der Waals surface area contributed by atoms with Crippen molar-refractivity contribution in [2.45, 2.75) is 19.1 Å². The third kappa shape index (κ3) is 3.05. The van der Waals surface area contributed by atoms with E-state index in [1.54, 1.807) is 19.1 Å². The van der Waals surface area contributed by atoms with E-state index in [4.69, 9.17) is 9.84 Å². The van der Waals surface area contributed by atoms with E-state index in [9.17, 15) is 5.11 Å². The first-order valence-electron chi connectivity index (χ1n) is 4.24. The van der Waals surface area contributed by atoms with Crippen LogP contribution in [0.2, 0.25) is 0 Å². The SMILES string of the molecule is CC(O)C(CO)Oc1ccccc1. The fourth-order valence-electron chi connectivity index (χ4n) is 0.962. The number of rotatable bonds is 4. The monoisotopic (exact) mass is 182 g/mol. The Hall–Kier alpha value is -1.06. The molecule has 0 saturated carbocycles. The summed E-state index contributed by atoms with van der Waals surface area (Å²) in [7, 11) is 0. The molecule has 72 valence electrons. The van der Waals surface area contributed by atoms with E-state index in [1.807, 2.05) is 18.2 Å². The van der Waals surface area contributed by atoms with Gasteiger partial charge in [-0.3, -0.25) is 0 Å². The van der Waals surface area contributed by atoms with Crippen molar-refractivity contribution in [2.75, 3.05) is 6.61 Å². The van der Waals surface area contributed by atoms with Crippen LogP contribution in [0.5, 0.6) is 5.75 Å². The van der Waals surface area contributed by atoms with E-state index in [-0.39, 0.29) is 6.61 Å². The van der Waals surface area contributed by atoms with Crippen molar-refractivity contribution in [3.05, 3.63) is 30.3 Å². The van der Waals surface area contributed by atoms with Gasteiger partial charge in [-0.15, -0.1) is 0 Å². The summed E-state index contributed by atoms with van der Waals surface area (Å²) in [6.07, 6.45) is -1.23. The van der Waals surface area contributed by atoms with Crippen LogP contribution in [-0.2, 0) is 0 Å². The Balaban J connectivity index is 2.57. The number of aliphatic hydroxyl groups excluding tert-OH is 2. The molecule has 0 radical (unpaired) electrons. The first-order valence-corrected chi connectivity index (χ1v) is 4.24. The van der Waals surface area contributed by atoms with Crippen molar-refractivity contribution in [3.63, 3.8) is 0 Å². The van der Waals surface area contributed by atoms with Crippen LogP contribution >= 0.6 is 0 Å². The van der Waals surface area contributed by atoms with Crippen molar-refractivity contribution in [1.82, 2.24) is 0 Å². The Morgan fingerprint density at radius 1 is 1.31 bits per heavy atom. The van der Waals surface area contributed by atoms with Crippen LogP contribution in [0.25, 0.3) is 0 Å². The lowest BCUT2D eigenvalue weighted by Gasteiger charge is -2.19. The Kier molecular flexibility index (Phi) is 3.73. The summed E-state index contributed by atoms with van der Waals surface area (Å²) < 4.78 is 5.33. The normalized spacial score (nSPS) is 15.0. The molecule has 0 bridgehead atoms. The number of benzene rings is 1. The summed E-state index contributed by atoms with van der Waals surface area (Å²) in [5.41, 5.74) is 0. The van der Waals surface area contributed by atoms with Crippen molar-refractivity contribution >= 4 is 0 Å². The van der Waals surface area contributed by atoms with Gasteiger partial charge >= 0.3 is 0 Å². The molecule has 1 aromatic carbocycles. The molecule has 13 heavy (non-hydrogen) atoms. The standard InChI is InChI=1S/C10H14O3/c1-8(12)10(7-11)13-9-5-3-2-4-6-9/h2-6,8,10-12H,7H2,1H3. The maximum Gasteiger partial charge on any atom is 0.147 e. The van der Waals surface area contributed by atoms with Gasteiger partial charge in [0.2, 0.25) is 0 Å². The van der Waals surface area contributed by atoms with Crippen LogP contribution in [0.15, 0.2) is 30.3 Å². The van der Waals surface area contributed by atoms with Gasteiger partial charge in [0.1, 0.15) is 11.9 Å². The highest BCUT2D eigenvalue weighted by Crippen LogP contribution is 2.12. The average Bonchev–Trinajstić information content (AvgIpc) is 2.15. The van der Waals surface area contributed by atoms with E-state index in [2.05, 4.69) is 0 Å². The molecule has 0 aliphatic carbocycles. The zero-order valence-electron chi connectivity index (χ0n) is 7.55. The van der Waals surface area contributed by atoms with Gasteiger partial charge in [-0.2, -0.15) is 0 Å². The Labute approximate surface area is 77.6 Å². The van der Waals surface area contributed by atoms with Gasteiger partial charge in [0, 0.05) is 0 Å². The molecular weight excluding hydrogens is 168 g/mol. The molecule has 3 heteroatoms. The molecule has 1 rings (SSSR count). The van der Waals surface area contributed by atoms with Gasteiger partial charge in [-0.05, 0) is 19.1 Å². The summed E-state index contributed by atoms with van der Waals surface area (Å²) in [5.74, 6) is 0.655. The van der Waals surface area contributed by atoms with Crippen LogP contribution in [0.4, 0.5) is 0 Å². The van der Waals surface area contributed by atoms with Crippen LogP contribution in [0.3, 0.4) is 0 Å². The smallest absolute Gasteiger partial charge is 0.147 e. The first-order chi connectivity index (χ1) is 6.24. The molecule has 2 atom stereocenters. The zero-order chi connectivity index (χ0) is 9.68. The molecule has 0 saturated heterocycles. The first kappa shape index (κ1) is 10.0. The Morgan fingerprint density at radius 3 is 2.38 bits per heavy atom. The highest BCUT2D eigenvalue weighted by Gasteiger charge is 2.14. The molecule has 0 amide bonds. The van der Waals surface area contributed by atoms with Crippen molar-refractivity contribution in [3.8, 4) is 5.75 Å². The maximum absolute atomic E-state index is 9.19. The van der Waals surface area contributed by atoms with Crippen molar-refractivity contribution in [1.29, 1.82) is 0 Å². The van der Waals surface area contributed by atoms with Crippen molar-refractivity contribution < 1.29 is 14.9 Å². The topological polar surface area (TPSA) is 49.7 Å². The molecule has 0 aliphatic heterocycles. The van der Waals surface area contributed by atoms with Gasteiger partial charge in [0.25, 0.3) is 0 Å². The Bertz CT molecular complexity index is 233. The van der Waals surface area contributed by atoms with Gasteiger partial charge in [-0.25, -0.2) is 0 Å². The maximum atomic E-state index is 9.19. The molecule has 0 aromatic heterocycles. The van der Waals surface area contributed by atoms with E-state index >= 15 is 0 Å². The third-order valence-electron chi connectivity index (χ3n) is 1.75. The number of ether oxygens (including phenoxy) is 1. The molecule has 0 spiro atoms. The molecule has 1 aromatic rings. The second-order valence-corrected chi connectivity index (χ2v) is 2.89. The summed E-state index contributed by atoms with van der Waals surface area (Å²) in [6.45, 7) is 1.40. The van der Waals surface area contributed by atoms with E-state index in [0.29, 0.717) is 5.75 Å². The average molecular weight is 182 g/mol. The molecule has 2 N–H and O–H groups in total. The second kappa shape index (κ2) is 4.84. The zero-order valence-corrected chi connectivity index (χ0v) is 7.55. The van der Waals surface area contributed by atoms with Gasteiger partial charge in [-0.1, -0.05) is 18.2 Å². The van der Waals surface area contributed by atoms with Crippen LogP contribution in [0.1, 0.15) is 6.92 Å². The lowest BCUT2D eigenvalue weighted by atomic mass is 10.2.